The average molecular weight is 263 g/mol. The summed E-state index contributed by atoms with van der Waals surface area (Å²) in [6.07, 6.45) is 2.09. The zero-order valence-corrected chi connectivity index (χ0v) is 11.0. The molecule has 0 aliphatic rings. The van der Waals surface area contributed by atoms with Crippen molar-refractivity contribution in [1.82, 2.24) is 9.97 Å². The van der Waals surface area contributed by atoms with E-state index in [1.54, 1.807) is 6.07 Å². The van der Waals surface area contributed by atoms with E-state index in [4.69, 9.17) is 16.3 Å². The van der Waals surface area contributed by atoms with E-state index in [0.29, 0.717) is 23.5 Å². The van der Waals surface area contributed by atoms with Gasteiger partial charge in [0.25, 0.3) is 0 Å². The maximum Gasteiger partial charge on any atom is 0.218 e. The second-order valence-electron chi connectivity index (χ2n) is 3.92. The summed E-state index contributed by atoms with van der Waals surface area (Å²) in [6.45, 7) is 2.77. The first-order valence-electron chi connectivity index (χ1n) is 6.02. The van der Waals surface area contributed by atoms with Gasteiger partial charge >= 0.3 is 0 Å². The zero-order valence-electron chi connectivity index (χ0n) is 10.3. The van der Waals surface area contributed by atoms with Crippen molar-refractivity contribution < 1.29 is 4.74 Å². The SMILES string of the molecule is CCCCOc1cc(Cl)nc(-c2ccccc2)n1. The molecule has 0 aliphatic carbocycles. The second-order valence-corrected chi connectivity index (χ2v) is 4.31. The van der Waals surface area contributed by atoms with Crippen LogP contribution in [-0.2, 0) is 0 Å². The summed E-state index contributed by atoms with van der Waals surface area (Å²) in [6, 6.07) is 11.4. The van der Waals surface area contributed by atoms with Crippen molar-refractivity contribution in [1.29, 1.82) is 0 Å². The number of hydrogen-bond donors (Lipinski definition) is 0. The van der Waals surface area contributed by atoms with Crippen molar-refractivity contribution in [2.24, 2.45) is 0 Å². The number of rotatable bonds is 5. The Morgan fingerprint density at radius 1 is 1.17 bits per heavy atom. The molecule has 1 aromatic heterocycles. The predicted octanol–water partition coefficient (Wildman–Crippen LogP) is 3.98. The number of ether oxygens (including phenoxy) is 1. The highest BCUT2D eigenvalue weighted by Crippen LogP contribution is 2.21. The molecular weight excluding hydrogens is 248 g/mol. The number of unbranched alkanes of at least 4 members (excludes halogenated alkanes) is 1. The fourth-order valence-corrected chi connectivity index (χ4v) is 1.68. The molecule has 3 nitrogen and oxygen atoms in total. The summed E-state index contributed by atoms with van der Waals surface area (Å²) < 4.78 is 5.55. The highest BCUT2D eigenvalue weighted by Gasteiger charge is 2.06. The van der Waals surface area contributed by atoms with Crippen LogP contribution >= 0.6 is 11.6 Å². The van der Waals surface area contributed by atoms with Crippen LogP contribution in [0.1, 0.15) is 19.8 Å². The van der Waals surface area contributed by atoms with Gasteiger partial charge in [0.2, 0.25) is 5.88 Å². The number of nitrogens with zero attached hydrogens (tertiary/aromatic N) is 2. The van der Waals surface area contributed by atoms with Gasteiger partial charge in [-0.05, 0) is 6.42 Å². The third kappa shape index (κ3) is 3.44. The Labute approximate surface area is 112 Å². The van der Waals surface area contributed by atoms with Crippen LogP contribution in [0.3, 0.4) is 0 Å². The molecule has 0 N–H and O–H groups in total. The van der Waals surface area contributed by atoms with Gasteiger partial charge < -0.3 is 4.74 Å². The third-order valence-electron chi connectivity index (χ3n) is 2.45. The molecule has 0 radical (unpaired) electrons. The Balaban J connectivity index is 2.21. The molecule has 0 amide bonds. The second kappa shape index (κ2) is 6.36. The van der Waals surface area contributed by atoms with Crippen LogP contribution < -0.4 is 4.74 Å². The standard InChI is InChI=1S/C14H15ClN2O/c1-2-3-9-18-13-10-12(15)16-14(17-13)11-7-5-4-6-8-11/h4-8,10H,2-3,9H2,1H3. The molecule has 0 bridgehead atoms. The smallest absolute Gasteiger partial charge is 0.218 e. The van der Waals surface area contributed by atoms with Gasteiger partial charge in [0.05, 0.1) is 6.61 Å². The highest BCUT2D eigenvalue weighted by atomic mass is 35.5. The van der Waals surface area contributed by atoms with Crippen LogP contribution in [0.4, 0.5) is 0 Å². The number of benzene rings is 1. The zero-order chi connectivity index (χ0) is 12.8. The van der Waals surface area contributed by atoms with E-state index >= 15 is 0 Å². The van der Waals surface area contributed by atoms with E-state index in [0.717, 1.165) is 18.4 Å². The van der Waals surface area contributed by atoms with E-state index in [2.05, 4.69) is 16.9 Å². The fraction of sp³-hybridized carbons (Fsp3) is 0.286. The molecule has 0 unspecified atom stereocenters. The van der Waals surface area contributed by atoms with Crippen LogP contribution in [-0.4, -0.2) is 16.6 Å². The summed E-state index contributed by atoms with van der Waals surface area (Å²) in [5.74, 6) is 1.12. The van der Waals surface area contributed by atoms with Gasteiger partial charge in [-0.25, -0.2) is 4.98 Å². The van der Waals surface area contributed by atoms with Crippen LogP contribution in [0.15, 0.2) is 36.4 Å². The number of aromatic nitrogens is 2. The maximum atomic E-state index is 5.98. The first-order chi connectivity index (χ1) is 8.79. The molecule has 2 aromatic rings. The van der Waals surface area contributed by atoms with Crippen LogP contribution in [0.25, 0.3) is 11.4 Å². The summed E-state index contributed by atoms with van der Waals surface area (Å²) in [7, 11) is 0. The maximum absolute atomic E-state index is 5.98. The molecule has 0 aliphatic heterocycles. The predicted molar refractivity (Wildman–Crippen MR) is 72.9 cm³/mol. The van der Waals surface area contributed by atoms with Crippen molar-refractivity contribution in [2.75, 3.05) is 6.61 Å². The lowest BCUT2D eigenvalue weighted by Crippen LogP contribution is -2.00. The molecule has 1 aromatic carbocycles. The Morgan fingerprint density at radius 3 is 2.67 bits per heavy atom. The minimum atomic E-state index is 0.398. The monoisotopic (exact) mass is 262 g/mol. The van der Waals surface area contributed by atoms with Crippen molar-refractivity contribution in [3.05, 3.63) is 41.6 Å². The van der Waals surface area contributed by atoms with E-state index in [1.165, 1.54) is 0 Å². The van der Waals surface area contributed by atoms with E-state index in [-0.39, 0.29) is 0 Å². The first kappa shape index (κ1) is 12.8. The Morgan fingerprint density at radius 2 is 1.94 bits per heavy atom. The molecule has 2 rings (SSSR count). The average Bonchev–Trinajstić information content (AvgIpc) is 2.39. The molecule has 94 valence electrons. The van der Waals surface area contributed by atoms with E-state index in [9.17, 15) is 0 Å². The van der Waals surface area contributed by atoms with Crippen molar-refractivity contribution in [2.45, 2.75) is 19.8 Å². The van der Waals surface area contributed by atoms with Gasteiger partial charge in [-0.1, -0.05) is 55.3 Å². The van der Waals surface area contributed by atoms with Crippen molar-refractivity contribution in [3.63, 3.8) is 0 Å². The lowest BCUT2D eigenvalue weighted by molar-refractivity contribution is 0.297. The molecular formula is C14H15ClN2O. The molecule has 0 atom stereocenters. The molecule has 0 saturated heterocycles. The number of hydrogen-bond acceptors (Lipinski definition) is 3. The lowest BCUT2D eigenvalue weighted by Gasteiger charge is -2.06. The molecule has 0 spiro atoms. The highest BCUT2D eigenvalue weighted by molar-refractivity contribution is 6.29. The van der Waals surface area contributed by atoms with Gasteiger partial charge in [0.15, 0.2) is 5.82 Å². The molecule has 0 saturated carbocycles. The van der Waals surface area contributed by atoms with Crippen LogP contribution in [0, 0.1) is 0 Å². The summed E-state index contributed by atoms with van der Waals surface area (Å²) >= 11 is 5.98. The lowest BCUT2D eigenvalue weighted by atomic mass is 10.2. The topological polar surface area (TPSA) is 35.0 Å². The Bertz CT molecular complexity index is 502. The quantitative estimate of drug-likeness (QED) is 0.604. The van der Waals surface area contributed by atoms with E-state index in [1.807, 2.05) is 30.3 Å². The minimum Gasteiger partial charge on any atom is -0.478 e. The molecule has 18 heavy (non-hydrogen) atoms. The first-order valence-corrected chi connectivity index (χ1v) is 6.40. The van der Waals surface area contributed by atoms with Gasteiger partial charge in [-0.3, -0.25) is 0 Å². The van der Waals surface area contributed by atoms with Crippen molar-refractivity contribution in [3.8, 4) is 17.3 Å². The summed E-state index contributed by atoms with van der Waals surface area (Å²) in [5, 5.41) is 0.398. The van der Waals surface area contributed by atoms with Gasteiger partial charge in [0.1, 0.15) is 5.15 Å². The largest absolute Gasteiger partial charge is 0.478 e. The number of halogens is 1. The Kier molecular flexibility index (Phi) is 4.53. The van der Waals surface area contributed by atoms with Crippen LogP contribution in [0.5, 0.6) is 5.88 Å². The molecule has 0 fully saturated rings. The molecule has 1 heterocycles. The van der Waals surface area contributed by atoms with E-state index < -0.39 is 0 Å². The fourth-order valence-electron chi connectivity index (χ4n) is 1.51. The summed E-state index contributed by atoms with van der Waals surface area (Å²) in [4.78, 5) is 8.56. The Hall–Kier alpha value is -1.61. The van der Waals surface area contributed by atoms with Crippen molar-refractivity contribution >= 4 is 11.6 Å². The normalized spacial score (nSPS) is 10.3. The third-order valence-corrected chi connectivity index (χ3v) is 2.64. The van der Waals surface area contributed by atoms with Crippen LogP contribution in [0.2, 0.25) is 5.15 Å². The minimum absolute atomic E-state index is 0.398. The van der Waals surface area contributed by atoms with Gasteiger partial charge in [-0.15, -0.1) is 0 Å². The van der Waals surface area contributed by atoms with Gasteiger partial charge in [0, 0.05) is 11.6 Å². The van der Waals surface area contributed by atoms with Gasteiger partial charge in [-0.2, -0.15) is 4.98 Å². The summed E-state index contributed by atoms with van der Waals surface area (Å²) in [5.41, 5.74) is 0.931. The molecule has 4 heteroatoms.